The maximum absolute atomic E-state index is 13.6. The van der Waals surface area contributed by atoms with Crippen LogP contribution in [0.1, 0.15) is 52.4 Å². The van der Waals surface area contributed by atoms with Gasteiger partial charge < -0.3 is 14.4 Å². The van der Waals surface area contributed by atoms with Crippen LogP contribution in [0.25, 0.3) is 0 Å². The van der Waals surface area contributed by atoms with E-state index >= 15 is 0 Å². The number of aryl methyl sites for hydroxylation is 1. The molecule has 37 heavy (non-hydrogen) atoms. The molecule has 1 saturated carbocycles. The Balaban J connectivity index is 1.43. The predicted molar refractivity (Wildman–Crippen MR) is 144 cm³/mol. The molecule has 2 aromatic heterocycles. The Morgan fingerprint density at radius 1 is 1.30 bits per heavy atom. The molecule has 9 nitrogen and oxygen atoms in total. The standard InChI is InChI=1S/C26H31N5O4S2/c1-26(5-6-26)28-37-23-9-21(24(33)31(16-32)12-17-10-27-30(3)11-17)25(36-23)29(2)13-18-7-19-14-35-15-20(19)8-22(18)34-4/h7-11,16,28H,5-6,12-15H2,1-4H3. The van der Waals surface area contributed by atoms with Gasteiger partial charge in [-0.3, -0.25) is 23.9 Å². The van der Waals surface area contributed by atoms with E-state index in [0.29, 0.717) is 31.7 Å². The molecule has 1 aromatic carbocycles. The highest BCUT2D eigenvalue weighted by atomic mass is 32.2. The van der Waals surface area contributed by atoms with Crippen molar-refractivity contribution in [3.05, 3.63) is 58.4 Å². The van der Waals surface area contributed by atoms with Crippen LogP contribution in [0.15, 0.2) is 34.8 Å². The first-order valence-electron chi connectivity index (χ1n) is 12.1. The molecule has 0 bridgehead atoms. The van der Waals surface area contributed by atoms with Gasteiger partial charge in [-0.05, 0) is 61.0 Å². The van der Waals surface area contributed by atoms with Crippen LogP contribution in [-0.2, 0) is 42.9 Å². The third kappa shape index (κ3) is 5.69. The number of carbonyl (C=O) groups is 2. The van der Waals surface area contributed by atoms with Gasteiger partial charge in [0.15, 0.2) is 0 Å². The Labute approximate surface area is 224 Å². The number of hydrogen-bond donors (Lipinski definition) is 1. The predicted octanol–water partition coefficient (Wildman–Crippen LogP) is 4.10. The Bertz CT molecular complexity index is 1320. The largest absolute Gasteiger partial charge is 0.496 e. The number of benzene rings is 1. The second kappa shape index (κ2) is 10.5. The molecule has 0 radical (unpaired) electrons. The SMILES string of the molecule is COc1cc2c(cc1CN(C)c1sc(SNC3(C)CC3)cc1C(=O)N(C=O)Cc1cnn(C)c1)COC2. The topological polar surface area (TPSA) is 88.9 Å². The van der Waals surface area contributed by atoms with Crippen molar-refractivity contribution in [1.29, 1.82) is 0 Å². The number of carbonyl (C=O) groups excluding carboxylic acids is 2. The zero-order valence-corrected chi connectivity index (χ0v) is 23.1. The van der Waals surface area contributed by atoms with Crippen LogP contribution >= 0.6 is 23.3 Å². The first kappa shape index (κ1) is 25.8. The van der Waals surface area contributed by atoms with E-state index in [1.54, 1.807) is 54.5 Å². The molecule has 1 N–H and O–H groups in total. The number of fused-ring (bicyclic) bond motifs is 1. The van der Waals surface area contributed by atoms with E-state index in [1.807, 2.05) is 24.1 Å². The summed E-state index contributed by atoms with van der Waals surface area (Å²) in [5, 5.41) is 4.95. The molecule has 3 heterocycles. The number of hydrogen-bond acceptors (Lipinski definition) is 9. The van der Waals surface area contributed by atoms with Crippen molar-refractivity contribution in [2.45, 2.75) is 55.8 Å². The fourth-order valence-electron chi connectivity index (χ4n) is 4.27. The number of nitrogens with one attached hydrogen (secondary N) is 1. The van der Waals surface area contributed by atoms with Crippen LogP contribution in [0.5, 0.6) is 5.75 Å². The van der Waals surface area contributed by atoms with Crippen molar-refractivity contribution in [2.75, 3.05) is 19.1 Å². The van der Waals surface area contributed by atoms with Crippen LogP contribution in [0.3, 0.4) is 0 Å². The van der Waals surface area contributed by atoms with Gasteiger partial charge in [-0.15, -0.1) is 11.3 Å². The Hall–Kier alpha value is -2.86. The molecule has 196 valence electrons. The molecule has 0 spiro atoms. The van der Waals surface area contributed by atoms with E-state index in [9.17, 15) is 9.59 Å². The Morgan fingerprint density at radius 3 is 2.70 bits per heavy atom. The minimum Gasteiger partial charge on any atom is -0.496 e. The zero-order chi connectivity index (χ0) is 26.2. The van der Waals surface area contributed by atoms with Gasteiger partial charge in [0.25, 0.3) is 5.91 Å². The van der Waals surface area contributed by atoms with Gasteiger partial charge >= 0.3 is 0 Å². The van der Waals surface area contributed by atoms with Crippen molar-refractivity contribution in [2.24, 2.45) is 7.05 Å². The van der Waals surface area contributed by atoms with E-state index in [0.717, 1.165) is 50.1 Å². The zero-order valence-electron chi connectivity index (χ0n) is 21.4. The highest BCUT2D eigenvalue weighted by Crippen LogP contribution is 2.42. The minimum absolute atomic E-state index is 0.139. The van der Waals surface area contributed by atoms with Crippen molar-refractivity contribution >= 4 is 40.6 Å². The Kier molecular flexibility index (Phi) is 7.30. The van der Waals surface area contributed by atoms with Gasteiger partial charge in [-0.25, -0.2) is 0 Å². The minimum atomic E-state index is -0.337. The molecule has 0 saturated heterocycles. The highest BCUT2D eigenvalue weighted by molar-refractivity contribution is 7.99. The molecule has 1 fully saturated rings. The number of amides is 2. The summed E-state index contributed by atoms with van der Waals surface area (Å²) in [4.78, 5) is 28.9. The van der Waals surface area contributed by atoms with Gasteiger partial charge in [0.1, 0.15) is 10.8 Å². The molecule has 1 aliphatic carbocycles. The summed E-state index contributed by atoms with van der Waals surface area (Å²) in [6.07, 6.45) is 6.33. The number of rotatable bonds is 11. The monoisotopic (exact) mass is 541 g/mol. The number of anilines is 1. The molecule has 5 rings (SSSR count). The Morgan fingerprint density at radius 2 is 2.05 bits per heavy atom. The third-order valence-electron chi connectivity index (χ3n) is 6.69. The number of imide groups is 1. The van der Waals surface area contributed by atoms with Gasteiger partial charge in [-0.2, -0.15) is 5.10 Å². The van der Waals surface area contributed by atoms with Gasteiger partial charge in [0.2, 0.25) is 6.41 Å². The quantitative estimate of drug-likeness (QED) is 0.287. The van der Waals surface area contributed by atoms with Crippen molar-refractivity contribution in [3.63, 3.8) is 0 Å². The summed E-state index contributed by atoms with van der Waals surface area (Å²) in [5.41, 5.74) is 4.74. The number of methoxy groups -OCH3 is 1. The first-order chi connectivity index (χ1) is 17.8. The molecule has 0 unspecified atom stereocenters. The van der Waals surface area contributed by atoms with Gasteiger partial charge in [0.05, 0.1) is 42.8 Å². The maximum atomic E-state index is 13.6. The van der Waals surface area contributed by atoms with Gasteiger partial charge in [0, 0.05) is 43.5 Å². The average molecular weight is 542 g/mol. The van der Waals surface area contributed by atoms with E-state index in [2.05, 4.69) is 22.8 Å². The number of thiophene rings is 1. The van der Waals surface area contributed by atoms with Crippen LogP contribution in [0, 0.1) is 0 Å². The summed E-state index contributed by atoms with van der Waals surface area (Å²) in [6, 6.07) is 6.04. The molecule has 2 amide bonds. The van der Waals surface area contributed by atoms with E-state index in [-0.39, 0.29) is 18.0 Å². The normalized spacial score (nSPS) is 15.4. The van der Waals surface area contributed by atoms with Crippen LogP contribution in [0.2, 0.25) is 0 Å². The lowest BCUT2D eigenvalue weighted by Gasteiger charge is -2.22. The van der Waals surface area contributed by atoms with E-state index in [1.165, 1.54) is 4.90 Å². The lowest BCUT2D eigenvalue weighted by Crippen LogP contribution is -2.30. The lowest BCUT2D eigenvalue weighted by atomic mass is 10.0. The summed E-state index contributed by atoms with van der Waals surface area (Å²) in [7, 11) is 5.43. The van der Waals surface area contributed by atoms with Crippen LogP contribution in [0.4, 0.5) is 5.00 Å². The van der Waals surface area contributed by atoms with Crippen LogP contribution < -0.4 is 14.4 Å². The van der Waals surface area contributed by atoms with E-state index in [4.69, 9.17) is 9.47 Å². The smallest absolute Gasteiger partial charge is 0.263 e. The van der Waals surface area contributed by atoms with Crippen molar-refractivity contribution in [3.8, 4) is 5.75 Å². The summed E-state index contributed by atoms with van der Waals surface area (Å²) >= 11 is 3.09. The third-order valence-corrected chi connectivity index (χ3v) is 9.15. The van der Waals surface area contributed by atoms with E-state index < -0.39 is 0 Å². The van der Waals surface area contributed by atoms with Crippen molar-refractivity contribution in [1.82, 2.24) is 19.4 Å². The highest BCUT2D eigenvalue weighted by Gasteiger charge is 2.37. The summed E-state index contributed by atoms with van der Waals surface area (Å²) < 4.78 is 17.4. The molecular formula is C26H31N5O4S2. The first-order valence-corrected chi connectivity index (χ1v) is 13.7. The van der Waals surface area contributed by atoms with Gasteiger partial charge in [-0.1, -0.05) is 0 Å². The molecule has 1 aliphatic heterocycles. The average Bonchev–Trinajstić information content (AvgIpc) is 3.26. The summed E-state index contributed by atoms with van der Waals surface area (Å²) in [5.74, 6) is 0.459. The lowest BCUT2D eigenvalue weighted by molar-refractivity contribution is -0.116. The fraction of sp³-hybridized carbons (Fsp3) is 0.423. The maximum Gasteiger partial charge on any atom is 0.263 e. The molecule has 0 atom stereocenters. The van der Waals surface area contributed by atoms with Crippen molar-refractivity contribution < 1.29 is 19.1 Å². The number of nitrogens with zero attached hydrogens (tertiary/aromatic N) is 4. The number of aromatic nitrogens is 2. The van der Waals surface area contributed by atoms with Crippen LogP contribution in [-0.4, -0.2) is 46.7 Å². The molecule has 3 aromatic rings. The second-order valence-electron chi connectivity index (χ2n) is 9.89. The molecular weight excluding hydrogens is 510 g/mol. The molecule has 11 heteroatoms. The summed E-state index contributed by atoms with van der Waals surface area (Å²) in [6.45, 7) is 4.07. The second-order valence-corrected chi connectivity index (χ2v) is 12.0. The fourth-order valence-corrected chi connectivity index (χ4v) is 6.37. The molecule has 2 aliphatic rings. The number of ether oxygens (including phenoxy) is 2.